The van der Waals surface area contributed by atoms with Crippen molar-refractivity contribution in [3.05, 3.63) is 47.5 Å². The van der Waals surface area contributed by atoms with Crippen LogP contribution in [0.25, 0.3) is 10.9 Å². The summed E-state index contributed by atoms with van der Waals surface area (Å²) in [7, 11) is 1.59. The Morgan fingerprint density at radius 1 is 1.28 bits per heavy atom. The van der Waals surface area contributed by atoms with E-state index in [0.29, 0.717) is 41.0 Å². The lowest BCUT2D eigenvalue weighted by Gasteiger charge is -2.19. The van der Waals surface area contributed by atoms with Gasteiger partial charge in [-0.2, -0.15) is 0 Å². The zero-order valence-electron chi connectivity index (χ0n) is 17.6. The Labute approximate surface area is 190 Å². The third-order valence-corrected chi connectivity index (χ3v) is 6.44. The number of likely N-dealkylation sites (tertiary alicyclic amines) is 1. The summed E-state index contributed by atoms with van der Waals surface area (Å²) in [5, 5.41) is 14.1. The van der Waals surface area contributed by atoms with Crippen molar-refractivity contribution in [1.82, 2.24) is 14.9 Å². The molecule has 1 saturated carbocycles. The van der Waals surface area contributed by atoms with Gasteiger partial charge in [0.05, 0.1) is 29.9 Å². The first kappa shape index (κ1) is 21.2. The summed E-state index contributed by atoms with van der Waals surface area (Å²) in [6, 6.07) is 8.04. The highest BCUT2D eigenvalue weighted by molar-refractivity contribution is 6.31. The number of benzene rings is 2. The fourth-order valence-electron chi connectivity index (χ4n) is 4.35. The van der Waals surface area contributed by atoms with Gasteiger partial charge in [-0.15, -0.1) is 0 Å². The van der Waals surface area contributed by atoms with Crippen LogP contribution in [0.2, 0.25) is 5.02 Å². The Kier molecular flexibility index (Phi) is 5.53. The second-order valence-electron chi connectivity index (χ2n) is 8.44. The van der Waals surface area contributed by atoms with Crippen LogP contribution in [0.1, 0.15) is 12.8 Å². The van der Waals surface area contributed by atoms with Crippen molar-refractivity contribution in [2.75, 3.05) is 38.7 Å². The molecule has 1 aromatic heterocycles. The van der Waals surface area contributed by atoms with E-state index in [4.69, 9.17) is 21.1 Å². The molecular formula is C23H24ClFN4O3. The Bertz CT molecular complexity index is 1160. The number of hydrogen-bond acceptors (Lipinski definition) is 7. The van der Waals surface area contributed by atoms with E-state index < -0.39 is 11.4 Å². The maximum atomic E-state index is 13.5. The van der Waals surface area contributed by atoms with Crippen LogP contribution in [0.15, 0.2) is 36.7 Å². The number of fused-ring (bicyclic) bond motifs is 2. The zero-order chi connectivity index (χ0) is 22.3. The van der Waals surface area contributed by atoms with E-state index in [0.717, 1.165) is 37.9 Å². The average Bonchev–Trinajstić information content (AvgIpc) is 3.30. The van der Waals surface area contributed by atoms with Gasteiger partial charge < -0.3 is 19.9 Å². The number of aromatic nitrogens is 2. The van der Waals surface area contributed by atoms with Gasteiger partial charge in [-0.05, 0) is 37.1 Å². The van der Waals surface area contributed by atoms with Crippen molar-refractivity contribution in [2.24, 2.45) is 5.92 Å². The molecule has 0 bridgehead atoms. The maximum absolute atomic E-state index is 13.5. The first-order valence-electron chi connectivity index (χ1n) is 10.6. The van der Waals surface area contributed by atoms with Crippen molar-refractivity contribution in [3.8, 4) is 11.5 Å². The third kappa shape index (κ3) is 4.18. The van der Waals surface area contributed by atoms with Crippen LogP contribution < -0.4 is 14.8 Å². The van der Waals surface area contributed by atoms with E-state index in [-0.39, 0.29) is 5.02 Å². The van der Waals surface area contributed by atoms with Gasteiger partial charge in [0.1, 0.15) is 18.0 Å². The molecule has 3 aromatic rings. The van der Waals surface area contributed by atoms with Crippen LogP contribution >= 0.6 is 11.6 Å². The maximum Gasteiger partial charge on any atom is 0.162 e. The molecule has 0 spiro atoms. The lowest BCUT2D eigenvalue weighted by molar-refractivity contribution is 0.125. The minimum Gasteiger partial charge on any atom is -0.493 e. The van der Waals surface area contributed by atoms with Gasteiger partial charge in [-0.3, -0.25) is 4.90 Å². The summed E-state index contributed by atoms with van der Waals surface area (Å²) < 4.78 is 25.0. The minimum atomic E-state index is -0.481. The topological polar surface area (TPSA) is 79.7 Å². The van der Waals surface area contributed by atoms with Crippen molar-refractivity contribution in [1.29, 1.82) is 0 Å². The number of nitrogens with one attached hydrogen (secondary N) is 1. The van der Waals surface area contributed by atoms with E-state index in [1.807, 2.05) is 6.07 Å². The highest BCUT2D eigenvalue weighted by atomic mass is 35.5. The van der Waals surface area contributed by atoms with Crippen LogP contribution in [-0.4, -0.2) is 58.9 Å². The first-order chi connectivity index (χ1) is 15.4. The molecule has 32 heavy (non-hydrogen) atoms. The predicted octanol–water partition coefficient (Wildman–Crippen LogP) is 4.01. The third-order valence-electron chi connectivity index (χ3n) is 6.15. The second-order valence-corrected chi connectivity index (χ2v) is 8.85. The second kappa shape index (κ2) is 8.35. The first-order valence-corrected chi connectivity index (χ1v) is 11.0. The molecule has 5 rings (SSSR count). The number of aliphatic hydroxyl groups is 1. The van der Waals surface area contributed by atoms with Gasteiger partial charge in [-0.25, -0.2) is 14.4 Å². The molecule has 0 radical (unpaired) electrons. The summed E-state index contributed by atoms with van der Waals surface area (Å²) in [6.45, 7) is 3.13. The van der Waals surface area contributed by atoms with Crippen molar-refractivity contribution < 1.29 is 19.0 Å². The molecule has 2 N–H and O–H groups in total. The van der Waals surface area contributed by atoms with E-state index in [2.05, 4.69) is 20.2 Å². The van der Waals surface area contributed by atoms with Crippen molar-refractivity contribution in [2.45, 2.75) is 18.4 Å². The highest BCUT2D eigenvalue weighted by Gasteiger charge is 2.58. The normalized spacial score (nSPS) is 22.1. The monoisotopic (exact) mass is 458 g/mol. The SMILES string of the molecule is COc1cc2ncnc(Nc3ccc(F)c(Cl)c3)c2cc1OCCCN1CC2CC2(O)C1. The number of anilines is 2. The van der Waals surface area contributed by atoms with Gasteiger partial charge in [-0.1, -0.05) is 11.6 Å². The van der Waals surface area contributed by atoms with E-state index in [1.54, 1.807) is 19.2 Å². The number of piperidine rings is 1. The molecule has 1 saturated heterocycles. The number of methoxy groups -OCH3 is 1. The fraction of sp³-hybridized carbons (Fsp3) is 0.391. The number of halogens is 2. The molecule has 1 aliphatic carbocycles. The Balaban J connectivity index is 1.30. The molecule has 2 aliphatic rings. The Hall–Kier alpha value is -2.68. The molecular weight excluding hydrogens is 435 g/mol. The van der Waals surface area contributed by atoms with Crippen LogP contribution in [-0.2, 0) is 0 Å². The quantitative estimate of drug-likeness (QED) is 0.494. The van der Waals surface area contributed by atoms with Crippen molar-refractivity contribution in [3.63, 3.8) is 0 Å². The molecule has 2 atom stereocenters. The molecule has 1 aliphatic heterocycles. The van der Waals surface area contributed by atoms with Crippen LogP contribution in [0, 0.1) is 11.7 Å². The van der Waals surface area contributed by atoms with E-state index >= 15 is 0 Å². The molecule has 0 amide bonds. The summed E-state index contributed by atoms with van der Waals surface area (Å²) >= 11 is 5.90. The lowest BCUT2D eigenvalue weighted by Crippen LogP contribution is -2.29. The van der Waals surface area contributed by atoms with Gasteiger partial charge in [0, 0.05) is 42.7 Å². The van der Waals surface area contributed by atoms with E-state index in [9.17, 15) is 9.50 Å². The molecule has 9 heteroatoms. The fourth-order valence-corrected chi connectivity index (χ4v) is 4.53. The molecule has 7 nitrogen and oxygen atoms in total. The molecule has 2 unspecified atom stereocenters. The molecule has 2 fully saturated rings. The number of nitrogens with zero attached hydrogens (tertiary/aromatic N) is 3. The van der Waals surface area contributed by atoms with Crippen molar-refractivity contribution >= 4 is 34.0 Å². The standard InChI is InChI=1S/C23H24ClFN4O3/c1-31-20-9-19-16(22(27-13-26-19)28-15-3-4-18(25)17(24)7-15)8-21(20)32-6-2-5-29-11-14-10-23(14,30)12-29/h3-4,7-9,13-14,30H,2,5-6,10-12H2,1H3,(H,26,27,28). The minimum absolute atomic E-state index is 0.0291. The van der Waals surface area contributed by atoms with Crippen LogP contribution in [0.3, 0.4) is 0 Å². The van der Waals surface area contributed by atoms with E-state index in [1.165, 1.54) is 18.5 Å². The molecule has 2 heterocycles. The van der Waals surface area contributed by atoms with Crippen LogP contribution in [0.4, 0.5) is 15.9 Å². The van der Waals surface area contributed by atoms with Gasteiger partial charge in [0.15, 0.2) is 11.5 Å². The average molecular weight is 459 g/mol. The number of hydrogen-bond donors (Lipinski definition) is 2. The molecule has 2 aromatic carbocycles. The number of β-amino-alcohol motifs (C(OH)–C–C–N with tert-alkyl or cyclic N) is 1. The summed E-state index contributed by atoms with van der Waals surface area (Å²) in [5.41, 5.74) is 0.866. The van der Waals surface area contributed by atoms with Gasteiger partial charge in [0.2, 0.25) is 0 Å². The number of ether oxygens (including phenoxy) is 2. The largest absolute Gasteiger partial charge is 0.493 e. The summed E-state index contributed by atoms with van der Waals surface area (Å²) in [5.74, 6) is 1.70. The smallest absolute Gasteiger partial charge is 0.162 e. The Morgan fingerprint density at radius 2 is 2.16 bits per heavy atom. The van der Waals surface area contributed by atoms with Gasteiger partial charge in [0.25, 0.3) is 0 Å². The predicted molar refractivity (Wildman–Crippen MR) is 120 cm³/mol. The summed E-state index contributed by atoms with van der Waals surface area (Å²) in [6.07, 6.45) is 3.23. The highest BCUT2D eigenvalue weighted by Crippen LogP contribution is 2.49. The molecule has 168 valence electrons. The van der Waals surface area contributed by atoms with Crippen LogP contribution in [0.5, 0.6) is 11.5 Å². The summed E-state index contributed by atoms with van der Waals surface area (Å²) in [4.78, 5) is 11.0. The lowest BCUT2D eigenvalue weighted by atomic mass is 10.2. The Morgan fingerprint density at radius 3 is 2.91 bits per heavy atom. The number of rotatable bonds is 8. The zero-order valence-corrected chi connectivity index (χ0v) is 18.4. The van der Waals surface area contributed by atoms with Gasteiger partial charge >= 0.3 is 0 Å².